The number of hydrogen-bond acceptors (Lipinski definition) is 4. The number of nitrogens with zero attached hydrogens (tertiary/aromatic N) is 1. The van der Waals surface area contributed by atoms with Gasteiger partial charge in [0, 0.05) is 6.42 Å². The molecule has 1 aliphatic rings. The molecule has 0 atom stereocenters. The summed E-state index contributed by atoms with van der Waals surface area (Å²) in [6.45, 7) is 2.75. The second-order valence-electron chi connectivity index (χ2n) is 6.40. The summed E-state index contributed by atoms with van der Waals surface area (Å²) in [7, 11) is 0. The average molecular weight is 349 g/mol. The highest BCUT2D eigenvalue weighted by atomic mass is 32.1. The molecule has 2 rings (SSSR count). The van der Waals surface area contributed by atoms with E-state index in [9.17, 15) is 4.79 Å². The van der Waals surface area contributed by atoms with Crippen molar-refractivity contribution >= 4 is 23.2 Å². The zero-order valence-electron chi connectivity index (χ0n) is 14.5. The molecule has 0 radical (unpaired) electrons. The number of rotatable bonds is 7. The van der Waals surface area contributed by atoms with Gasteiger partial charge in [-0.3, -0.25) is 4.79 Å². The highest BCUT2D eigenvalue weighted by Crippen LogP contribution is 2.32. The molecule has 0 unspecified atom stereocenters. The Morgan fingerprint density at radius 1 is 1.21 bits per heavy atom. The van der Waals surface area contributed by atoms with Crippen LogP contribution >= 0.6 is 12.2 Å². The number of hydrazine groups is 1. The summed E-state index contributed by atoms with van der Waals surface area (Å²) >= 11 is 5.30. The van der Waals surface area contributed by atoms with Crippen LogP contribution < -0.4 is 5.84 Å². The second kappa shape index (κ2) is 9.74. The van der Waals surface area contributed by atoms with Crippen LogP contribution in [0.5, 0.6) is 0 Å². The maximum atomic E-state index is 11.4. The topological polar surface area (TPSA) is 55.6 Å². The van der Waals surface area contributed by atoms with Gasteiger partial charge in [-0.05, 0) is 36.8 Å². The van der Waals surface area contributed by atoms with E-state index < -0.39 is 0 Å². The van der Waals surface area contributed by atoms with Gasteiger partial charge in [-0.25, -0.2) is 5.84 Å². The number of carbonyl (C=O) groups is 1. The van der Waals surface area contributed by atoms with E-state index in [0.717, 1.165) is 5.56 Å². The number of hydrogen-bond donors (Lipinski definition) is 1. The highest BCUT2D eigenvalue weighted by Gasteiger charge is 2.15. The molecule has 1 saturated carbocycles. The summed E-state index contributed by atoms with van der Waals surface area (Å²) in [6, 6.07) is 8.72. The Kier molecular flexibility index (Phi) is 7.66. The van der Waals surface area contributed by atoms with Gasteiger partial charge >= 0.3 is 5.97 Å². The zero-order valence-corrected chi connectivity index (χ0v) is 15.3. The molecule has 1 aliphatic carbocycles. The van der Waals surface area contributed by atoms with Gasteiger partial charge < -0.3 is 9.75 Å². The highest BCUT2D eigenvalue weighted by molar-refractivity contribution is 7.80. The molecule has 1 aromatic rings. The molecule has 0 spiro atoms. The Hall–Kier alpha value is -1.46. The smallest absolute Gasteiger partial charge is 0.306 e. The van der Waals surface area contributed by atoms with E-state index in [-0.39, 0.29) is 12.4 Å². The van der Waals surface area contributed by atoms with Crippen LogP contribution in [0.1, 0.15) is 68.9 Å². The second-order valence-corrected chi connectivity index (χ2v) is 6.87. The third kappa shape index (κ3) is 5.87. The summed E-state index contributed by atoms with van der Waals surface area (Å²) in [5, 5.41) is 1.55. The summed E-state index contributed by atoms with van der Waals surface area (Å²) in [5.41, 5.74) is 2.57. The lowest BCUT2D eigenvalue weighted by Crippen LogP contribution is -2.35. The van der Waals surface area contributed by atoms with Crippen molar-refractivity contribution in [2.24, 2.45) is 5.84 Å². The molecule has 0 saturated heterocycles. The molecule has 24 heavy (non-hydrogen) atoms. The Morgan fingerprint density at radius 2 is 1.88 bits per heavy atom. The average Bonchev–Trinajstić information content (AvgIpc) is 2.61. The monoisotopic (exact) mass is 348 g/mol. The minimum atomic E-state index is -0.231. The lowest BCUT2D eigenvalue weighted by molar-refractivity contribution is -0.142. The number of ether oxygens (including phenoxy) is 1. The van der Waals surface area contributed by atoms with Crippen LogP contribution in [0, 0.1) is 0 Å². The fourth-order valence-electron chi connectivity index (χ4n) is 3.20. The third-order valence-electron chi connectivity index (χ3n) is 4.58. The molecule has 132 valence electrons. The Labute approximate surface area is 150 Å². The van der Waals surface area contributed by atoms with Gasteiger partial charge in [0.15, 0.2) is 0 Å². The normalized spacial score (nSPS) is 15.1. The lowest BCUT2D eigenvalue weighted by atomic mass is 9.84. The predicted molar refractivity (Wildman–Crippen MR) is 100 cm³/mol. The van der Waals surface area contributed by atoms with E-state index >= 15 is 0 Å². The molecular weight excluding hydrogens is 320 g/mol. The van der Waals surface area contributed by atoms with Crippen LogP contribution in [0.3, 0.4) is 0 Å². The minimum Gasteiger partial charge on any atom is -0.466 e. The molecule has 2 N–H and O–H groups in total. The number of carbonyl (C=O) groups excluding carboxylic acids is 1. The lowest BCUT2D eigenvalue weighted by Gasteiger charge is -2.23. The summed E-state index contributed by atoms with van der Waals surface area (Å²) in [4.78, 5) is 12.0. The fourth-order valence-corrected chi connectivity index (χ4v) is 3.37. The first-order chi connectivity index (χ1) is 11.6. The Balaban J connectivity index is 1.81. The van der Waals surface area contributed by atoms with Crippen molar-refractivity contribution in [1.29, 1.82) is 0 Å². The molecule has 0 aliphatic heterocycles. The summed E-state index contributed by atoms with van der Waals surface area (Å²) in [6.07, 6.45) is 7.40. The van der Waals surface area contributed by atoms with Crippen LogP contribution in [0.25, 0.3) is 0 Å². The fraction of sp³-hybridized carbons (Fsp3) is 0.579. The van der Waals surface area contributed by atoms with Gasteiger partial charge in [0.05, 0.1) is 24.6 Å². The van der Waals surface area contributed by atoms with Crippen LogP contribution in [0.4, 0.5) is 0 Å². The predicted octanol–water partition coefficient (Wildman–Crippen LogP) is 4.08. The molecule has 4 nitrogen and oxygen atoms in total. The summed E-state index contributed by atoms with van der Waals surface area (Å²) < 4.78 is 4.90. The van der Waals surface area contributed by atoms with Crippen molar-refractivity contribution in [2.45, 2.75) is 64.3 Å². The van der Waals surface area contributed by atoms with Crippen LogP contribution in [-0.4, -0.2) is 22.6 Å². The molecule has 0 heterocycles. The van der Waals surface area contributed by atoms with Crippen molar-refractivity contribution in [1.82, 2.24) is 5.01 Å². The largest absolute Gasteiger partial charge is 0.466 e. The number of nitrogens with two attached hydrogens (primary N) is 1. The van der Waals surface area contributed by atoms with E-state index in [1.165, 1.54) is 37.7 Å². The minimum absolute atomic E-state index is 0.231. The van der Waals surface area contributed by atoms with E-state index in [1.807, 2.05) is 0 Å². The van der Waals surface area contributed by atoms with E-state index in [2.05, 4.69) is 24.3 Å². The maximum absolute atomic E-state index is 11.4. The molecule has 1 fully saturated rings. The Bertz CT molecular complexity index is 539. The van der Waals surface area contributed by atoms with Crippen LogP contribution in [0.15, 0.2) is 24.3 Å². The van der Waals surface area contributed by atoms with Gasteiger partial charge in [0.1, 0.15) is 0 Å². The van der Waals surface area contributed by atoms with Crippen molar-refractivity contribution in [3.8, 4) is 0 Å². The SMILES string of the molecule is CCOC(=O)CCC(=S)N(N)Cc1ccc(C2CCCCC2)cc1. The summed E-state index contributed by atoms with van der Waals surface area (Å²) in [5.74, 6) is 6.51. The quantitative estimate of drug-likeness (QED) is 0.348. The molecule has 0 bridgehead atoms. The molecule has 0 aromatic heterocycles. The number of esters is 1. The van der Waals surface area contributed by atoms with Crippen molar-refractivity contribution in [3.63, 3.8) is 0 Å². The van der Waals surface area contributed by atoms with Gasteiger partial charge in [-0.2, -0.15) is 0 Å². The van der Waals surface area contributed by atoms with Gasteiger partial charge in [0.2, 0.25) is 0 Å². The van der Waals surface area contributed by atoms with Crippen molar-refractivity contribution < 1.29 is 9.53 Å². The van der Waals surface area contributed by atoms with E-state index in [0.29, 0.717) is 30.5 Å². The van der Waals surface area contributed by atoms with Gasteiger partial charge in [-0.1, -0.05) is 55.7 Å². The van der Waals surface area contributed by atoms with Gasteiger partial charge in [0.25, 0.3) is 0 Å². The van der Waals surface area contributed by atoms with E-state index in [1.54, 1.807) is 11.9 Å². The molecule has 0 amide bonds. The standard InChI is InChI=1S/C19H28N2O2S/c1-2-23-19(22)13-12-18(24)21(20)14-15-8-10-17(11-9-15)16-6-4-3-5-7-16/h8-11,16H,2-7,12-14,20H2,1H3. The van der Waals surface area contributed by atoms with Gasteiger partial charge in [-0.15, -0.1) is 0 Å². The number of thiocarbonyl (C=S) groups is 1. The van der Waals surface area contributed by atoms with Crippen LogP contribution in [0.2, 0.25) is 0 Å². The van der Waals surface area contributed by atoms with Crippen LogP contribution in [-0.2, 0) is 16.1 Å². The van der Waals surface area contributed by atoms with E-state index in [4.69, 9.17) is 22.8 Å². The molecule has 1 aromatic carbocycles. The number of benzene rings is 1. The van der Waals surface area contributed by atoms with Crippen molar-refractivity contribution in [2.75, 3.05) is 6.61 Å². The molecule has 5 heteroatoms. The van der Waals surface area contributed by atoms with Crippen molar-refractivity contribution in [3.05, 3.63) is 35.4 Å². The zero-order chi connectivity index (χ0) is 17.4. The Morgan fingerprint density at radius 3 is 2.50 bits per heavy atom. The first-order valence-electron chi connectivity index (χ1n) is 8.89. The first kappa shape index (κ1) is 18.9. The first-order valence-corrected chi connectivity index (χ1v) is 9.30. The maximum Gasteiger partial charge on any atom is 0.306 e. The third-order valence-corrected chi connectivity index (χ3v) is 5.02. The molecular formula is C19H28N2O2S.